The molecule has 52 heavy (non-hydrogen) atoms. The largest absolute Gasteiger partial charge is 0.504 e. The van der Waals surface area contributed by atoms with Crippen LogP contribution in [0.3, 0.4) is 0 Å². The maximum absolute atomic E-state index is 11.3. The van der Waals surface area contributed by atoms with Crippen molar-refractivity contribution in [2.75, 3.05) is 77.0 Å². The highest BCUT2D eigenvalue weighted by molar-refractivity contribution is 5.87. The van der Waals surface area contributed by atoms with Crippen LogP contribution in [0.25, 0.3) is 11.1 Å². The number of likely N-dealkylation sites (N-methyl/N-ethyl adjacent to an activating group) is 2. The SMILES string of the molecule is COc1cc(C[C@H]2c3cc(OC)c(OC)cc3CCN2C)c(Oc2cc3c(cc2OC)-c2c(OC)c(OC)c(O)c4c2[C@H](C3)N(C)CC4)cc1OC. The number of aromatic hydroxyl groups is 1. The van der Waals surface area contributed by atoms with E-state index < -0.39 is 0 Å². The molecule has 2 atom stereocenters. The monoisotopic (exact) mass is 712 g/mol. The van der Waals surface area contributed by atoms with Gasteiger partial charge in [-0.15, -0.1) is 0 Å². The van der Waals surface area contributed by atoms with Gasteiger partial charge < -0.3 is 43.0 Å². The minimum atomic E-state index is 0.0285. The Morgan fingerprint density at radius 3 is 1.88 bits per heavy atom. The molecular weight excluding hydrogens is 664 g/mol. The van der Waals surface area contributed by atoms with E-state index in [1.807, 2.05) is 18.2 Å². The molecule has 11 nitrogen and oxygen atoms in total. The summed E-state index contributed by atoms with van der Waals surface area (Å²) >= 11 is 0. The van der Waals surface area contributed by atoms with Gasteiger partial charge >= 0.3 is 0 Å². The van der Waals surface area contributed by atoms with Crippen LogP contribution in [0.2, 0.25) is 0 Å². The zero-order chi connectivity index (χ0) is 36.8. The van der Waals surface area contributed by atoms with E-state index in [-0.39, 0.29) is 17.8 Å². The van der Waals surface area contributed by atoms with Gasteiger partial charge in [0.15, 0.2) is 46.0 Å². The lowest BCUT2D eigenvalue weighted by molar-refractivity contribution is 0.223. The van der Waals surface area contributed by atoms with Gasteiger partial charge in [0.1, 0.15) is 5.75 Å². The maximum Gasteiger partial charge on any atom is 0.204 e. The molecule has 2 aliphatic heterocycles. The molecule has 4 aromatic carbocycles. The lowest BCUT2D eigenvalue weighted by Crippen LogP contribution is -2.35. The smallest absolute Gasteiger partial charge is 0.204 e. The molecule has 11 heteroatoms. The fourth-order valence-electron chi connectivity index (χ4n) is 8.31. The van der Waals surface area contributed by atoms with Crippen molar-refractivity contribution in [2.24, 2.45) is 0 Å². The molecule has 0 unspecified atom stereocenters. The zero-order valence-electron chi connectivity index (χ0n) is 31.5. The molecule has 3 aliphatic rings. The number of methoxy groups -OCH3 is 7. The number of ether oxygens (including phenoxy) is 8. The lowest BCUT2D eigenvalue weighted by Gasteiger charge is -2.41. The Balaban J connectivity index is 1.35. The standard InChI is InChI=1S/C41H48N2O9/c1-42-12-10-22-16-31(45-3)33(47-5)19-26(22)28(42)15-24-18-32(46-4)35(49-7)21-30(24)52-36-17-23-14-29-37-25(11-13-43(29)2)39(44)41(51-9)40(50-8)38(37)27(23)20-34(36)48-6/h16-21,28-29,44H,10-15H2,1-9H3/t28-,29-/m0/s1. The predicted molar refractivity (Wildman–Crippen MR) is 198 cm³/mol. The molecule has 276 valence electrons. The summed E-state index contributed by atoms with van der Waals surface area (Å²) in [5, 5.41) is 11.3. The third-order valence-electron chi connectivity index (χ3n) is 11.1. The quantitative estimate of drug-likeness (QED) is 0.178. The fourth-order valence-corrected chi connectivity index (χ4v) is 8.31. The van der Waals surface area contributed by atoms with Crippen LogP contribution >= 0.6 is 0 Å². The summed E-state index contributed by atoms with van der Waals surface area (Å²) in [5.74, 6) is 5.36. The third-order valence-corrected chi connectivity index (χ3v) is 11.1. The van der Waals surface area contributed by atoms with Crippen LogP contribution in [0, 0.1) is 0 Å². The van der Waals surface area contributed by atoms with E-state index in [1.54, 1.807) is 49.8 Å². The first-order valence-electron chi connectivity index (χ1n) is 17.5. The van der Waals surface area contributed by atoms with Gasteiger partial charge in [0, 0.05) is 47.9 Å². The van der Waals surface area contributed by atoms with Gasteiger partial charge in [-0.25, -0.2) is 0 Å². The van der Waals surface area contributed by atoms with Gasteiger partial charge in [-0.2, -0.15) is 0 Å². The van der Waals surface area contributed by atoms with Gasteiger partial charge in [-0.3, -0.25) is 9.80 Å². The van der Waals surface area contributed by atoms with E-state index in [1.165, 1.54) is 11.1 Å². The van der Waals surface area contributed by atoms with Crippen molar-refractivity contribution in [3.05, 3.63) is 69.8 Å². The van der Waals surface area contributed by atoms with Crippen molar-refractivity contribution in [3.63, 3.8) is 0 Å². The van der Waals surface area contributed by atoms with Gasteiger partial charge in [0.2, 0.25) is 5.75 Å². The fraction of sp³-hybridized carbons (Fsp3) is 0.415. The van der Waals surface area contributed by atoms with E-state index >= 15 is 0 Å². The average molecular weight is 713 g/mol. The Kier molecular flexibility index (Phi) is 9.67. The summed E-state index contributed by atoms with van der Waals surface area (Å²) in [6.45, 7) is 1.70. The Morgan fingerprint density at radius 1 is 0.615 bits per heavy atom. The number of hydrogen-bond acceptors (Lipinski definition) is 11. The minimum absolute atomic E-state index is 0.0285. The lowest BCUT2D eigenvalue weighted by atomic mass is 9.76. The molecular formula is C41H48N2O9. The molecule has 1 N–H and O–H groups in total. The van der Waals surface area contributed by atoms with Crippen LogP contribution in [0.4, 0.5) is 0 Å². The van der Waals surface area contributed by atoms with Crippen LogP contribution in [-0.4, -0.2) is 91.9 Å². The number of phenolic OH excluding ortho intramolecular Hbond substituents is 1. The molecule has 0 saturated carbocycles. The Hall–Kier alpha value is -5.00. The van der Waals surface area contributed by atoms with Crippen LogP contribution in [-0.2, 0) is 25.7 Å². The van der Waals surface area contributed by atoms with Crippen molar-refractivity contribution in [3.8, 4) is 68.6 Å². The first kappa shape index (κ1) is 35.4. The molecule has 0 amide bonds. The first-order valence-corrected chi connectivity index (χ1v) is 17.5. The first-order chi connectivity index (χ1) is 25.2. The third kappa shape index (κ3) is 5.76. The highest BCUT2D eigenvalue weighted by Gasteiger charge is 2.39. The summed E-state index contributed by atoms with van der Waals surface area (Å²) in [5.41, 5.74) is 8.28. The molecule has 1 aliphatic carbocycles. The van der Waals surface area contributed by atoms with Gasteiger partial charge in [-0.1, -0.05) is 0 Å². The summed E-state index contributed by atoms with van der Waals surface area (Å²) < 4.78 is 47.5. The van der Waals surface area contributed by atoms with E-state index in [0.717, 1.165) is 65.1 Å². The Bertz CT molecular complexity index is 2010. The topological polar surface area (TPSA) is 101 Å². The van der Waals surface area contributed by atoms with Crippen molar-refractivity contribution >= 4 is 0 Å². The van der Waals surface area contributed by atoms with E-state index in [2.05, 4.69) is 42.1 Å². The zero-order valence-corrected chi connectivity index (χ0v) is 31.5. The highest BCUT2D eigenvalue weighted by Crippen LogP contribution is 2.58. The van der Waals surface area contributed by atoms with E-state index in [4.69, 9.17) is 37.9 Å². The van der Waals surface area contributed by atoms with E-state index in [0.29, 0.717) is 58.8 Å². The number of fused-ring (bicyclic) bond motifs is 3. The van der Waals surface area contributed by atoms with Gasteiger partial charge in [0.25, 0.3) is 0 Å². The number of rotatable bonds is 11. The number of hydrogen-bond donors (Lipinski definition) is 1. The normalized spacial score (nSPS) is 17.7. The molecule has 0 fully saturated rings. The summed E-state index contributed by atoms with van der Waals surface area (Å²) in [6, 6.07) is 12.2. The molecule has 0 saturated heterocycles. The Labute approximate surface area is 305 Å². The van der Waals surface area contributed by atoms with Crippen molar-refractivity contribution < 1.29 is 43.0 Å². The molecule has 0 radical (unpaired) electrons. The van der Waals surface area contributed by atoms with Crippen LogP contribution in [0.1, 0.15) is 45.5 Å². The molecule has 0 spiro atoms. The van der Waals surface area contributed by atoms with Crippen LogP contribution in [0.5, 0.6) is 57.5 Å². The van der Waals surface area contributed by atoms with Gasteiger partial charge in [-0.05, 0) is 97.9 Å². The number of nitrogens with zero attached hydrogens (tertiary/aromatic N) is 2. The molecule has 4 aromatic rings. The average Bonchev–Trinajstić information content (AvgIpc) is 3.16. The predicted octanol–water partition coefficient (Wildman–Crippen LogP) is 6.77. The van der Waals surface area contributed by atoms with Crippen molar-refractivity contribution in [2.45, 2.75) is 37.8 Å². The minimum Gasteiger partial charge on any atom is -0.504 e. The molecule has 7 rings (SSSR count). The number of phenols is 1. The van der Waals surface area contributed by atoms with Crippen molar-refractivity contribution in [1.29, 1.82) is 0 Å². The summed E-state index contributed by atoms with van der Waals surface area (Å²) in [4.78, 5) is 4.69. The molecule has 0 aromatic heterocycles. The highest BCUT2D eigenvalue weighted by atomic mass is 16.5. The maximum atomic E-state index is 11.3. The second-order valence-corrected chi connectivity index (χ2v) is 13.6. The molecule has 2 heterocycles. The Morgan fingerprint density at radius 2 is 1.21 bits per heavy atom. The summed E-state index contributed by atoms with van der Waals surface area (Å²) in [7, 11) is 15.7. The van der Waals surface area contributed by atoms with Crippen molar-refractivity contribution in [1.82, 2.24) is 9.80 Å². The second-order valence-electron chi connectivity index (χ2n) is 13.6. The summed E-state index contributed by atoms with van der Waals surface area (Å²) in [6.07, 6.45) is 2.96. The van der Waals surface area contributed by atoms with Crippen LogP contribution in [0.15, 0.2) is 36.4 Å². The second kappa shape index (κ2) is 14.2. The number of benzene rings is 4. The van der Waals surface area contributed by atoms with E-state index in [9.17, 15) is 5.11 Å². The van der Waals surface area contributed by atoms with Gasteiger partial charge in [0.05, 0.1) is 49.8 Å². The van der Waals surface area contributed by atoms with Crippen LogP contribution < -0.4 is 37.9 Å². The molecule has 0 bridgehead atoms.